The summed E-state index contributed by atoms with van der Waals surface area (Å²) in [6.45, 7) is 0. The molecule has 0 fully saturated rings. The van der Waals surface area contributed by atoms with Crippen molar-refractivity contribution in [1.29, 1.82) is 5.41 Å². The van der Waals surface area contributed by atoms with Crippen LogP contribution >= 0.6 is 31.9 Å². The van der Waals surface area contributed by atoms with Crippen LogP contribution in [0.15, 0.2) is 21.2 Å². The van der Waals surface area contributed by atoms with Gasteiger partial charge in [-0.2, -0.15) is 0 Å². The number of nitrogens with one attached hydrogen (secondary N) is 1. The second-order valence-corrected chi connectivity index (χ2v) is 3.79. The number of nitrogens with zero attached hydrogens (tertiary/aromatic N) is 1. The van der Waals surface area contributed by atoms with Crippen molar-refractivity contribution in [2.75, 3.05) is 7.11 Å². The normalized spacial score (nSPS) is 9.58. The Morgan fingerprint density at radius 1 is 1.58 bits per heavy atom. The van der Waals surface area contributed by atoms with Crippen molar-refractivity contribution in [1.82, 2.24) is 4.98 Å². The maximum Gasteiger partial charge on any atom is 0.233 e. The van der Waals surface area contributed by atoms with Gasteiger partial charge in [0, 0.05) is 15.1 Å². The lowest BCUT2D eigenvalue weighted by Crippen LogP contribution is -2.04. The summed E-state index contributed by atoms with van der Waals surface area (Å²) in [4.78, 5) is 4.01. The van der Waals surface area contributed by atoms with E-state index in [0.717, 1.165) is 8.95 Å². The number of hydrogen-bond acceptors (Lipinski definition) is 3. The third kappa shape index (κ3) is 2.04. The molecule has 1 N–H and O–H groups in total. The SMILES string of the molecule is COC(=N)c1ncc(Br)cc1Br. The predicted octanol–water partition coefficient (Wildman–Crippen LogP) is 2.58. The third-order valence-corrected chi connectivity index (χ3v) is 2.27. The average Bonchev–Trinajstić information content (AvgIpc) is 2.03. The number of rotatable bonds is 1. The lowest BCUT2D eigenvalue weighted by molar-refractivity contribution is 0.399. The Balaban J connectivity index is 3.09. The summed E-state index contributed by atoms with van der Waals surface area (Å²) >= 11 is 6.54. The zero-order valence-electron chi connectivity index (χ0n) is 6.27. The molecule has 0 aliphatic heterocycles. The minimum absolute atomic E-state index is 0.0503. The topological polar surface area (TPSA) is 46.0 Å². The number of halogens is 2. The molecular weight excluding hydrogens is 288 g/mol. The molecule has 3 nitrogen and oxygen atoms in total. The summed E-state index contributed by atoms with van der Waals surface area (Å²) in [5, 5.41) is 7.36. The standard InChI is InChI=1S/C7H6Br2N2O/c1-12-7(10)6-5(9)2-4(8)3-11-6/h2-3,10H,1H3. The molecule has 0 aromatic carbocycles. The molecule has 64 valence electrons. The Kier molecular flexibility index (Phi) is 3.22. The summed E-state index contributed by atoms with van der Waals surface area (Å²) in [5.74, 6) is 0.0503. The highest BCUT2D eigenvalue weighted by Crippen LogP contribution is 2.19. The van der Waals surface area contributed by atoms with Gasteiger partial charge in [0.1, 0.15) is 5.69 Å². The fraction of sp³-hybridized carbons (Fsp3) is 0.143. The van der Waals surface area contributed by atoms with Crippen LogP contribution in [-0.2, 0) is 4.74 Å². The van der Waals surface area contributed by atoms with E-state index in [1.54, 1.807) is 6.20 Å². The van der Waals surface area contributed by atoms with Crippen molar-refractivity contribution >= 4 is 37.8 Å². The van der Waals surface area contributed by atoms with Crippen LogP contribution in [0.5, 0.6) is 0 Å². The summed E-state index contributed by atoms with van der Waals surface area (Å²) < 4.78 is 6.33. The van der Waals surface area contributed by atoms with E-state index in [4.69, 9.17) is 10.1 Å². The molecule has 1 aromatic heterocycles. The predicted molar refractivity (Wildman–Crippen MR) is 53.5 cm³/mol. The minimum Gasteiger partial charge on any atom is -0.480 e. The smallest absolute Gasteiger partial charge is 0.233 e. The third-order valence-electron chi connectivity index (χ3n) is 1.23. The quantitative estimate of drug-likeness (QED) is 0.639. The minimum atomic E-state index is 0.0503. The van der Waals surface area contributed by atoms with Crippen LogP contribution in [0.1, 0.15) is 5.69 Å². The Morgan fingerprint density at radius 2 is 2.25 bits per heavy atom. The second-order valence-electron chi connectivity index (χ2n) is 2.02. The fourth-order valence-electron chi connectivity index (χ4n) is 0.678. The number of aromatic nitrogens is 1. The van der Waals surface area contributed by atoms with Crippen molar-refractivity contribution < 1.29 is 4.74 Å². The Morgan fingerprint density at radius 3 is 2.75 bits per heavy atom. The highest BCUT2D eigenvalue weighted by Gasteiger charge is 2.07. The molecule has 0 aliphatic carbocycles. The summed E-state index contributed by atoms with van der Waals surface area (Å²) in [6, 6.07) is 1.82. The number of hydrogen-bond donors (Lipinski definition) is 1. The molecule has 12 heavy (non-hydrogen) atoms. The maximum absolute atomic E-state index is 7.36. The molecule has 0 aliphatic rings. The van der Waals surface area contributed by atoms with Gasteiger partial charge in [-0.15, -0.1) is 0 Å². The van der Waals surface area contributed by atoms with Crippen LogP contribution in [0.4, 0.5) is 0 Å². The molecule has 0 radical (unpaired) electrons. The molecule has 0 saturated heterocycles. The van der Waals surface area contributed by atoms with Crippen LogP contribution in [0.3, 0.4) is 0 Å². The second kappa shape index (κ2) is 4.00. The first-order chi connectivity index (χ1) is 5.65. The van der Waals surface area contributed by atoms with Crippen LogP contribution < -0.4 is 0 Å². The first-order valence-corrected chi connectivity index (χ1v) is 4.67. The van der Waals surface area contributed by atoms with E-state index in [2.05, 4.69) is 36.8 Å². The summed E-state index contributed by atoms with van der Waals surface area (Å²) in [5.41, 5.74) is 0.501. The van der Waals surface area contributed by atoms with Gasteiger partial charge in [0.2, 0.25) is 5.90 Å². The number of pyridine rings is 1. The van der Waals surface area contributed by atoms with Gasteiger partial charge in [-0.25, -0.2) is 4.98 Å². The largest absolute Gasteiger partial charge is 0.480 e. The van der Waals surface area contributed by atoms with Crippen molar-refractivity contribution in [3.8, 4) is 0 Å². The average molecular weight is 294 g/mol. The first kappa shape index (κ1) is 9.67. The van der Waals surface area contributed by atoms with E-state index in [9.17, 15) is 0 Å². The van der Waals surface area contributed by atoms with Crippen LogP contribution in [0.25, 0.3) is 0 Å². The van der Waals surface area contributed by atoms with E-state index in [0.29, 0.717) is 5.69 Å². The molecule has 0 saturated carbocycles. The molecule has 0 bridgehead atoms. The van der Waals surface area contributed by atoms with Gasteiger partial charge in [0.05, 0.1) is 7.11 Å². The monoisotopic (exact) mass is 292 g/mol. The molecule has 1 rings (SSSR count). The molecule has 0 atom stereocenters. The molecule has 1 heterocycles. The highest BCUT2D eigenvalue weighted by atomic mass is 79.9. The molecular formula is C7H6Br2N2O. The van der Waals surface area contributed by atoms with E-state index in [1.165, 1.54) is 7.11 Å². The van der Waals surface area contributed by atoms with Gasteiger partial charge in [-0.1, -0.05) is 0 Å². The van der Waals surface area contributed by atoms with Crippen molar-refractivity contribution in [3.63, 3.8) is 0 Å². The van der Waals surface area contributed by atoms with E-state index < -0.39 is 0 Å². The fourth-order valence-corrected chi connectivity index (χ4v) is 1.85. The zero-order valence-corrected chi connectivity index (χ0v) is 9.44. The van der Waals surface area contributed by atoms with Gasteiger partial charge >= 0.3 is 0 Å². The van der Waals surface area contributed by atoms with Crippen LogP contribution in [0, 0.1) is 5.41 Å². The van der Waals surface area contributed by atoms with Crippen LogP contribution in [-0.4, -0.2) is 18.0 Å². The van der Waals surface area contributed by atoms with Gasteiger partial charge in [-0.05, 0) is 37.9 Å². The number of methoxy groups -OCH3 is 1. The summed E-state index contributed by atoms with van der Waals surface area (Å²) in [7, 11) is 1.44. The Bertz CT molecular complexity index is 314. The molecule has 0 spiro atoms. The highest BCUT2D eigenvalue weighted by molar-refractivity contribution is 9.11. The van der Waals surface area contributed by atoms with Gasteiger partial charge in [0.15, 0.2) is 0 Å². The molecule has 5 heteroatoms. The lowest BCUT2D eigenvalue weighted by atomic mass is 10.3. The zero-order chi connectivity index (χ0) is 9.14. The molecule has 0 amide bonds. The van der Waals surface area contributed by atoms with E-state index in [-0.39, 0.29) is 5.90 Å². The van der Waals surface area contributed by atoms with Gasteiger partial charge in [0.25, 0.3) is 0 Å². The first-order valence-electron chi connectivity index (χ1n) is 3.09. The molecule has 1 aromatic rings. The van der Waals surface area contributed by atoms with Crippen LogP contribution in [0.2, 0.25) is 0 Å². The molecule has 0 unspecified atom stereocenters. The Labute approximate surface area is 86.9 Å². The van der Waals surface area contributed by atoms with E-state index >= 15 is 0 Å². The lowest BCUT2D eigenvalue weighted by Gasteiger charge is -2.03. The Hall–Kier alpha value is -0.420. The van der Waals surface area contributed by atoms with Crippen molar-refractivity contribution in [3.05, 3.63) is 26.9 Å². The van der Waals surface area contributed by atoms with Crippen molar-refractivity contribution in [2.24, 2.45) is 0 Å². The maximum atomic E-state index is 7.36. The summed E-state index contributed by atoms with van der Waals surface area (Å²) in [6.07, 6.45) is 1.62. The number of ether oxygens (including phenoxy) is 1. The van der Waals surface area contributed by atoms with Crippen molar-refractivity contribution in [2.45, 2.75) is 0 Å². The van der Waals surface area contributed by atoms with E-state index in [1.807, 2.05) is 6.07 Å². The van der Waals surface area contributed by atoms with Gasteiger partial charge in [-0.3, -0.25) is 5.41 Å². The van der Waals surface area contributed by atoms with Gasteiger partial charge < -0.3 is 4.74 Å².